The van der Waals surface area contributed by atoms with Crippen molar-refractivity contribution in [3.63, 3.8) is 0 Å². The van der Waals surface area contributed by atoms with Gasteiger partial charge in [-0.3, -0.25) is 9.36 Å². The minimum Gasteiger partial charge on any atom is -0.481 e. The van der Waals surface area contributed by atoms with Crippen LogP contribution in [0.3, 0.4) is 0 Å². The molecule has 1 atom stereocenters. The summed E-state index contributed by atoms with van der Waals surface area (Å²) in [6.45, 7) is -0.116. The summed E-state index contributed by atoms with van der Waals surface area (Å²) in [5.41, 5.74) is -2.33. The van der Waals surface area contributed by atoms with Gasteiger partial charge in [0.05, 0.1) is 12.1 Å². The molecule has 4 aromatic rings. The fraction of sp³-hybridized carbons (Fsp3) is 0.192. The van der Waals surface area contributed by atoms with Crippen LogP contribution in [0.2, 0.25) is 0 Å². The number of nitrogens with zero attached hydrogens (tertiary/aromatic N) is 3. The summed E-state index contributed by atoms with van der Waals surface area (Å²) < 4.78 is 90.0. The number of hydrogen-bond acceptors (Lipinski definition) is 4. The SMILES string of the molecule is Cc1nn(-c2cc(O[C@@H](CF)C(F)F)c(C(=O)Nc3c(F)cccc3F)cc2F)c(=O)n1Cc1ccccc1. The van der Waals surface area contributed by atoms with Gasteiger partial charge in [-0.15, -0.1) is 0 Å². The van der Waals surface area contributed by atoms with Crippen molar-refractivity contribution >= 4 is 11.6 Å². The Morgan fingerprint density at radius 3 is 2.28 bits per heavy atom. The molecule has 0 saturated heterocycles. The highest BCUT2D eigenvalue weighted by molar-refractivity contribution is 6.06. The number of alkyl halides is 3. The van der Waals surface area contributed by atoms with Crippen molar-refractivity contribution in [2.24, 2.45) is 0 Å². The fourth-order valence-corrected chi connectivity index (χ4v) is 3.69. The molecule has 0 unspecified atom stereocenters. The maximum absolute atomic E-state index is 15.3. The molecule has 0 saturated carbocycles. The van der Waals surface area contributed by atoms with Gasteiger partial charge >= 0.3 is 5.69 Å². The molecule has 0 aliphatic rings. The number of aryl methyl sites for hydroxylation is 1. The molecule has 0 aliphatic heterocycles. The lowest BCUT2D eigenvalue weighted by molar-refractivity contribution is -0.00158. The van der Waals surface area contributed by atoms with E-state index in [0.29, 0.717) is 16.8 Å². The second kappa shape index (κ2) is 11.5. The average molecular weight is 550 g/mol. The number of nitrogens with one attached hydrogen (secondary N) is 1. The topological polar surface area (TPSA) is 78.2 Å². The highest BCUT2D eigenvalue weighted by Crippen LogP contribution is 2.29. The number of para-hydroxylation sites is 1. The molecule has 7 nitrogen and oxygen atoms in total. The lowest BCUT2D eigenvalue weighted by Crippen LogP contribution is -2.29. The minimum atomic E-state index is -3.35. The maximum atomic E-state index is 15.3. The summed E-state index contributed by atoms with van der Waals surface area (Å²) in [4.78, 5) is 25.9. The van der Waals surface area contributed by atoms with E-state index in [4.69, 9.17) is 4.74 Å². The molecule has 0 radical (unpaired) electrons. The van der Waals surface area contributed by atoms with Gasteiger partial charge in [-0.25, -0.2) is 31.1 Å². The zero-order valence-electron chi connectivity index (χ0n) is 20.2. The van der Waals surface area contributed by atoms with Gasteiger partial charge in [0.25, 0.3) is 12.3 Å². The van der Waals surface area contributed by atoms with Gasteiger partial charge in [0.1, 0.15) is 47.1 Å². The predicted octanol–water partition coefficient (Wildman–Crippen LogP) is 5.04. The second-order valence-electron chi connectivity index (χ2n) is 8.31. The summed E-state index contributed by atoms with van der Waals surface area (Å²) >= 11 is 0. The van der Waals surface area contributed by atoms with Crippen LogP contribution in [0, 0.1) is 24.4 Å². The van der Waals surface area contributed by atoms with E-state index in [0.717, 1.165) is 23.8 Å². The molecule has 1 amide bonds. The van der Waals surface area contributed by atoms with E-state index in [-0.39, 0.29) is 12.4 Å². The molecule has 204 valence electrons. The minimum absolute atomic E-state index is 0.0838. The molecular weight excluding hydrogens is 530 g/mol. The second-order valence-corrected chi connectivity index (χ2v) is 8.31. The average Bonchev–Trinajstić information content (AvgIpc) is 3.18. The zero-order valence-corrected chi connectivity index (χ0v) is 20.2. The first kappa shape index (κ1) is 27.5. The van der Waals surface area contributed by atoms with Crippen LogP contribution in [0.4, 0.5) is 32.0 Å². The van der Waals surface area contributed by atoms with Gasteiger partial charge in [-0.2, -0.15) is 9.78 Å². The zero-order chi connectivity index (χ0) is 28.3. The number of hydrogen-bond donors (Lipinski definition) is 1. The van der Waals surface area contributed by atoms with Gasteiger partial charge in [0, 0.05) is 6.07 Å². The Balaban J connectivity index is 1.79. The summed E-state index contributed by atoms with van der Waals surface area (Å²) in [5.74, 6) is -5.49. The normalized spacial score (nSPS) is 12.0. The highest BCUT2D eigenvalue weighted by atomic mass is 19.3. The van der Waals surface area contributed by atoms with Crippen molar-refractivity contribution in [3.8, 4) is 11.4 Å². The fourth-order valence-electron chi connectivity index (χ4n) is 3.69. The molecule has 0 bridgehead atoms. The summed E-state index contributed by atoms with van der Waals surface area (Å²) in [5, 5.41) is 5.92. The molecule has 1 heterocycles. The molecular formula is C26H20F6N4O3. The molecule has 0 spiro atoms. The Labute approximate surface area is 217 Å². The van der Waals surface area contributed by atoms with Crippen LogP contribution < -0.4 is 15.7 Å². The van der Waals surface area contributed by atoms with E-state index in [1.807, 2.05) is 5.32 Å². The standard InChI is InChI=1S/C26H20F6N4O3/c1-14-34-36(26(38)35(14)13-15-6-3-2-4-7-15)20-11-21(39-22(12-27)24(31)32)16(10-19(20)30)25(37)33-23-17(28)8-5-9-18(23)29/h2-11,22,24H,12-13H2,1H3,(H,33,37)/t22-/m0/s1. The first-order valence-electron chi connectivity index (χ1n) is 11.4. The number of carbonyl (C=O) groups excluding carboxylic acids is 1. The Morgan fingerprint density at radius 2 is 1.67 bits per heavy atom. The predicted molar refractivity (Wildman–Crippen MR) is 129 cm³/mol. The third-order valence-electron chi connectivity index (χ3n) is 5.67. The number of anilines is 1. The third-order valence-corrected chi connectivity index (χ3v) is 5.67. The lowest BCUT2D eigenvalue weighted by Gasteiger charge is -2.19. The van der Waals surface area contributed by atoms with Gasteiger partial charge in [0.2, 0.25) is 0 Å². The molecule has 0 aliphatic carbocycles. The van der Waals surface area contributed by atoms with Crippen molar-refractivity contribution in [2.45, 2.75) is 26.0 Å². The first-order valence-corrected chi connectivity index (χ1v) is 11.4. The molecule has 1 aromatic heterocycles. The van der Waals surface area contributed by atoms with Gasteiger partial charge in [0.15, 0.2) is 6.10 Å². The molecule has 4 rings (SSSR count). The van der Waals surface area contributed by atoms with E-state index >= 15 is 4.39 Å². The smallest absolute Gasteiger partial charge is 0.351 e. The van der Waals surface area contributed by atoms with Crippen molar-refractivity contribution in [1.82, 2.24) is 14.3 Å². The van der Waals surface area contributed by atoms with Crippen LogP contribution in [-0.2, 0) is 6.54 Å². The van der Waals surface area contributed by atoms with Crippen molar-refractivity contribution in [1.29, 1.82) is 0 Å². The number of amides is 1. The Hall–Kier alpha value is -4.55. The van der Waals surface area contributed by atoms with Crippen LogP contribution in [0.5, 0.6) is 5.75 Å². The highest BCUT2D eigenvalue weighted by Gasteiger charge is 2.28. The van der Waals surface area contributed by atoms with E-state index in [1.165, 1.54) is 11.5 Å². The van der Waals surface area contributed by atoms with Crippen molar-refractivity contribution < 1.29 is 35.9 Å². The van der Waals surface area contributed by atoms with Crippen LogP contribution in [0.1, 0.15) is 21.7 Å². The van der Waals surface area contributed by atoms with Crippen LogP contribution >= 0.6 is 0 Å². The number of rotatable bonds is 9. The first-order chi connectivity index (χ1) is 18.6. The van der Waals surface area contributed by atoms with E-state index < -0.39 is 70.9 Å². The number of carbonyl (C=O) groups is 1. The molecule has 0 fully saturated rings. The summed E-state index contributed by atoms with van der Waals surface area (Å²) in [7, 11) is 0. The van der Waals surface area contributed by atoms with Gasteiger partial charge < -0.3 is 10.1 Å². The van der Waals surface area contributed by atoms with Crippen LogP contribution in [0.25, 0.3) is 5.69 Å². The Kier molecular flexibility index (Phi) is 8.07. The van der Waals surface area contributed by atoms with E-state index in [9.17, 15) is 31.5 Å². The summed E-state index contributed by atoms with van der Waals surface area (Å²) in [6.07, 6.45) is -5.72. The molecule has 1 N–H and O–H groups in total. The molecule has 3 aromatic carbocycles. The monoisotopic (exact) mass is 550 g/mol. The lowest BCUT2D eigenvalue weighted by atomic mass is 10.1. The third kappa shape index (κ3) is 5.81. The number of aromatic nitrogens is 3. The van der Waals surface area contributed by atoms with Crippen molar-refractivity contribution in [3.05, 3.63) is 106 Å². The van der Waals surface area contributed by atoms with Crippen molar-refractivity contribution in [2.75, 3.05) is 12.0 Å². The number of benzene rings is 3. The Bertz CT molecular complexity index is 1540. The quantitative estimate of drug-likeness (QED) is 0.296. The molecule has 39 heavy (non-hydrogen) atoms. The maximum Gasteiger partial charge on any atom is 0.351 e. The van der Waals surface area contributed by atoms with Gasteiger partial charge in [-0.1, -0.05) is 36.4 Å². The van der Waals surface area contributed by atoms with Gasteiger partial charge in [-0.05, 0) is 30.7 Å². The molecule has 13 heteroatoms. The largest absolute Gasteiger partial charge is 0.481 e. The summed E-state index contributed by atoms with van der Waals surface area (Å²) in [6, 6.07) is 12.7. The Morgan fingerprint density at radius 1 is 1.00 bits per heavy atom. The van der Waals surface area contributed by atoms with Crippen LogP contribution in [-0.4, -0.2) is 39.5 Å². The number of ether oxygens (including phenoxy) is 1. The van der Waals surface area contributed by atoms with Crippen LogP contribution in [0.15, 0.2) is 65.5 Å². The van der Waals surface area contributed by atoms with E-state index in [1.54, 1.807) is 30.3 Å². The van der Waals surface area contributed by atoms with E-state index in [2.05, 4.69) is 5.10 Å². The number of halogens is 6.